The number of aliphatic hydroxyl groups excluding tert-OH is 2. The van der Waals surface area contributed by atoms with E-state index in [2.05, 4.69) is 22.2 Å². The van der Waals surface area contributed by atoms with E-state index in [0.717, 1.165) is 43.8 Å². The summed E-state index contributed by atoms with van der Waals surface area (Å²) in [5.74, 6) is 5.71. The van der Waals surface area contributed by atoms with Crippen LogP contribution in [0.5, 0.6) is 11.6 Å². The van der Waals surface area contributed by atoms with Crippen molar-refractivity contribution in [2.75, 3.05) is 13.2 Å². The molecule has 1 unspecified atom stereocenters. The Kier molecular flexibility index (Phi) is 8.98. The number of aliphatic carboxylic acids is 1. The molecule has 4 aromatic rings. The number of benzene rings is 2. The molecule has 0 saturated carbocycles. The number of ether oxygens (including phenoxy) is 2. The minimum absolute atomic E-state index is 0.0250. The highest BCUT2D eigenvalue weighted by Gasteiger charge is 2.14. The summed E-state index contributed by atoms with van der Waals surface area (Å²) in [6.45, 7) is 3.60. The van der Waals surface area contributed by atoms with E-state index in [9.17, 15) is 9.90 Å². The van der Waals surface area contributed by atoms with Crippen LogP contribution in [0, 0.1) is 18.8 Å². The predicted molar refractivity (Wildman–Crippen MR) is 148 cm³/mol. The lowest BCUT2D eigenvalue weighted by Gasteiger charge is -2.12. The summed E-state index contributed by atoms with van der Waals surface area (Å²) in [6, 6.07) is 17.4. The van der Waals surface area contributed by atoms with Gasteiger partial charge in [0.1, 0.15) is 25.1 Å². The number of carboxylic acids is 1. The molecular formula is C30H29NO6S. The Balaban J connectivity index is 1.48. The Hall–Kier alpha value is -3.90. The fraction of sp³-hybridized carbons (Fsp3) is 0.267. The number of rotatable bonds is 11. The van der Waals surface area contributed by atoms with Gasteiger partial charge in [-0.05, 0) is 54.6 Å². The zero-order chi connectivity index (χ0) is 27.1. The van der Waals surface area contributed by atoms with Gasteiger partial charge in [0.2, 0.25) is 5.88 Å². The lowest BCUT2D eigenvalue weighted by molar-refractivity contribution is -0.137. The molecule has 0 saturated heterocycles. The van der Waals surface area contributed by atoms with Crippen molar-refractivity contribution >= 4 is 27.4 Å². The molecule has 2 aromatic carbocycles. The summed E-state index contributed by atoms with van der Waals surface area (Å²) in [5.41, 5.74) is 4.67. The van der Waals surface area contributed by atoms with E-state index < -0.39 is 12.1 Å². The average Bonchev–Trinajstić information content (AvgIpc) is 3.33. The van der Waals surface area contributed by atoms with Crippen molar-refractivity contribution in [1.29, 1.82) is 0 Å². The van der Waals surface area contributed by atoms with Gasteiger partial charge in [-0.15, -0.1) is 17.3 Å². The maximum absolute atomic E-state index is 11.2. The Morgan fingerprint density at radius 2 is 1.87 bits per heavy atom. The molecule has 0 amide bonds. The number of hydrogen-bond donors (Lipinski definition) is 3. The molecule has 0 radical (unpaired) electrons. The topological polar surface area (TPSA) is 109 Å². The largest absolute Gasteiger partial charge is 0.489 e. The van der Waals surface area contributed by atoms with Gasteiger partial charge in [0.05, 0.1) is 18.9 Å². The molecule has 3 N–H and O–H groups in total. The maximum Gasteiger partial charge on any atom is 0.304 e. The first-order valence-electron chi connectivity index (χ1n) is 12.1. The zero-order valence-electron chi connectivity index (χ0n) is 21.2. The molecule has 2 aromatic heterocycles. The predicted octanol–water partition coefficient (Wildman–Crippen LogP) is 5.16. The summed E-state index contributed by atoms with van der Waals surface area (Å²) < 4.78 is 12.7. The van der Waals surface area contributed by atoms with E-state index in [1.165, 1.54) is 0 Å². The van der Waals surface area contributed by atoms with Crippen LogP contribution in [0.3, 0.4) is 0 Å². The standard InChI is InChI=1S/C30H29NO6S/c1-3-4-22(13-30(34)35)21-7-5-20(6-8-21)16-36-24-9-11-28-26(14-24)27(18-38-28)25-10-12-29(31-19(25)2)37-17-23(33)15-32/h5-12,14,18,22-23,32-33H,13,15-17H2,1-2H3,(H,34,35)/t22-,23?/m0/s1. The molecule has 8 heteroatoms. The number of fused-ring (bicyclic) bond motifs is 1. The molecule has 0 spiro atoms. The third-order valence-electron chi connectivity index (χ3n) is 6.01. The van der Waals surface area contributed by atoms with E-state index in [1.54, 1.807) is 24.3 Å². The number of thiophene rings is 1. The maximum atomic E-state index is 11.2. The third kappa shape index (κ3) is 6.69. The second-order valence-electron chi connectivity index (χ2n) is 8.81. The summed E-state index contributed by atoms with van der Waals surface area (Å²) in [6.07, 6.45) is -0.977. The highest BCUT2D eigenvalue weighted by molar-refractivity contribution is 7.17. The summed E-state index contributed by atoms with van der Waals surface area (Å²) in [5, 5.41) is 30.8. The van der Waals surface area contributed by atoms with Crippen molar-refractivity contribution in [3.63, 3.8) is 0 Å². The van der Waals surface area contributed by atoms with E-state index in [4.69, 9.17) is 19.7 Å². The second kappa shape index (κ2) is 12.6. The first-order chi connectivity index (χ1) is 18.4. The van der Waals surface area contributed by atoms with E-state index in [0.29, 0.717) is 12.5 Å². The van der Waals surface area contributed by atoms with Crippen molar-refractivity contribution < 1.29 is 29.6 Å². The number of hydrogen-bond acceptors (Lipinski definition) is 7. The van der Waals surface area contributed by atoms with Crippen LogP contribution in [0.25, 0.3) is 21.2 Å². The first-order valence-corrected chi connectivity index (χ1v) is 13.0. The molecule has 0 fully saturated rings. The van der Waals surface area contributed by atoms with Crippen LogP contribution in [0.2, 0.25) is 0 Å². The SMILES string of the molecule is CC#C[C@@H](CC(=O)O)c1ccc(COc2ccc3scc(-c4ccc(OCC(O)CO)nc4C)c3c2)cc1. The highest BCUT2D eigenvalue weighted by Crippen LogP contribution is 2.37. The summed E-state index contributed by atoms with van der Waals surface area (Å²) >= 11 is 1.65. The quantitative estimate of drug-likeness (QED) is 0.229. The number of carbonyl (C=O) groups is 1. The minimum Gasteiger partial charge on any atom is -0.489 e. The number of aromatic nitrogens is 1. The normalized spacial score (nSPS) is 12.4. The van der Waals surface area contributed by atoms with Crippen LogP contribution in [-0.4, -0.2) is 45.6 Å². The fourth-order valence-electron chi connectivity index (χ4n) is 4.06. The van der Waals surface area contributed by atoms with Gasteiger partial charge in [-0.1, -0.05) is 30.2 Å². The third-order valence-corrected chi connectivity index (χ3v) is 6.98. The van der Waals surface area contributed by atoms with Crippen molar-refractivity contribution in [1.82, 2.24) is 4.98 Å². The molecule has 4 rings (SSSR count). The van der Waals surface area contributed by atoms with Gasteiger partial charge in [-0.25, -0.2) is 4.98 Å². The zero-order valence-corrected chi connectivity index (χ0v) is 22.0. The lowest BCUT2D eigenvalue weighted by atomic mass is 9.95. The van der Waals surface area contributed by atoms with Crippen LogP contribution in [0.15, 0.2) is 60.0 Å². The van der Waals surface area contributed by atoms with Gasteiger partial charge < -0.3 is 24.8 Å². The Labute approximate surface area is 225 Å². The monoisotopic (exact) mass is 531 g/mol. The fourth-order valence-corrected chi connectivity index (χ4v) is 5.00. The van der Waals surface area contributed by atoms with E-state index in [-0.39, 0.29) is 25.6 Å². The Morgan fingerprint density at radius 3 is 2.55 bits per heavy atom. The number of aryl methyl sites for hydroxylation is 1. The molecule has 2 atom stereocenters. The molecule has 38 heavy (non-hydrogen) atoms. The molecule has 7 nitrogen and oxygen atoms in total. The molecular weight excluding hydrogens is 502 g/mol. The van der Waals surface area contributed by atoms with E-state index >= 15 is 0 Å². The van der Waals surface area contributed by atoms with Gasteiger partial charge in [0.15, 0.2) is 0 Å². The van der Waals surface area contributed by atoms with Crippen molar-refractivity contribution in [2.45, 2.75) is 38.9 Å². The van der Waals surface area contributed by atoms with E-state index in [1.807, 2.05) is 55.5 Å². The van der Waals surface area contributed by atoms with Gasteiger partial charge in [-0.3, -0.25) is 4.79 Å². The van der Waals surface area contributed by atoms with Crippen LogP contribution in [-0.2, 0) is 11.4 Å². The Bertz CT molecular complexity index is 1470. The number of pyridine rings is 1. The molecule has 0 aliphatic carbocycles. The van der Waals surface area contributed by atoms with Crippen LogP contribution in [0.1, 0.15) is 36.1 Å². The number of aliphatic hydroxyl groups is 2. The molecule has 0 aliphatic rings. The van der Waals surface area contributed by atoms with Crippen molar-refractivity contribution in [2.24, 2.45) is 0 Å². The van der Waals surface area contributed by atoms with Gasteiger partial charge >= 0.3 is 5.97 Å². The van der Waals surface area contributed by atoms with Crippen LogP contribution >= 0.6 is 11.3 Å². The highest BCUT2D eigenvalue weighted by atomic mass is 32.1. The molecule has 0 bridgehead atoms. The van der Waals surface area contributed by atoms with Crippen molar-refractivity contribution in [3.8, 4) is 34.6 Å². The lowest BCUT2D eigenvalue weighted by Crippen LogP contribution is -2.21. The smallest absolute Gasteiger partial charge is 0.304 e. The average molecular weight is 532 g/mol. The van der Waals surface area contributed by atoms with Crippen LogP contribution < -0.4 is 9.47 Å². The first kappa shape index (κ1) is 27.1. The summed E-state index contributed by atoms with van der Waals surface area (Å²) in [4.78, 5) is 15.7. The number of carboxylic acid groups (broad SMARTS) is 1. The number of nitrogens with zero attached hydrogens (tertiary/aromatic N) is 1. The minimum atomic E-state index is -0.946. The van der Waals surface area contributed by atoms with Gasteiger partial charge in [-0.2, -0.15) is 0 Å². The van der Waals surface area contributed by atoms with Crippen LogP contribution in [0.4, 0.5) is 0 Å². The van der Waals surface area contributed by atoms with Crippen molar-refractivity contribution in [3.05, 3.63) is 76.8 Å². The summed E-state index contributed by atoms with van der Waals surface area (Å²) in [7, 11) is 0. The van der Waals surface area contributed by atoms with Gasteiger partial charge in [0, 0.05) is 33.0 Å². The van der Waals surface area contributed by atoms with Gasteiger partial charge in [0.25, 0.3) is 0 Å². The molecule has 0 aliphatic heterocycles. The molecule has 196 valence electrons. The molecule has 2 heterocycles. The second-order valence-corrected chi connectivity index (χ2v) is 9.72. The Morgan fingerprint density at radius 1 is 1.08 bits per heavy atom.